The average molecular weight is 302 g/mol. The van der Waals surface area contributed by atoms with Crippen LogP contribution in [0.5, 0.6) is 0 Å². The minimum absolute atomic E-state index is 0.166. The molecule has 0 aliphatic carbocycles. The van der Waals surface area contributed by atoms with Crippen LogP contribution in [0.2, 0.25) is 4.34 Å². The molecule has 0 spiro atoms. The van der Waals surface area contributed by atoms with E-state index in [0.717, 1.165) is 16.3 Å². The van der Waals surface area contributed by atoms with Crippen molar-refractivity contribution in [1.82, 2.24) is 5.32 Å². The van der Waals surface area contributed by atoms with Crippen molar-refractivity contribution in [2.75, 3.05) is 7.05 Å². The van der Waals surface area contributed by atoms with E-state index in [4.69, 9.17) is 11.6 Å². The summed E-state index contributed by atoms with van der Waals surface area (Å²) in [6, 6.07) is 8.05. The quantitative estimate of drug-likeness (QED) is 0.878. The van der Waals surface area contributed by atoms with Gasteiger partial charge in [-0.3, -0.25) is 0 Å². The largest absolute Gasteiger partial charge is 0.316 e. The van der Waals surface area contributed by atoms with E-state index in [9.17, 15) is 8.78 Å². The Morgan fingerprint density at radius 2 is 1.95 bits per heavy atom. The van der Waals surface area contributed by atoms with E-state index >= 15 is 0 Å². The number of hydrogen-bond acceptors (Lipinski definition) is 2. The van der Waals surface area contributed by atoms with Gasteiger partial charge in [0.25, 0.3) is 0 Å². The lowest BCUT2D eigenvalue weighted by Gasteiger charge is -2.15. The summed E-state index contributed by atoms with van der Waals surface area (Å²) in [5, 5.41) is 3.19. The molecule has 0 fully saturated rings. The molecule has 1 nitrogen and oxygen atoms in total. The van der Waals surface area contributed by atoms with Crippen molar-refractivity contribution in [3.8, 4) is 0 Å². The smallest absolute Gasteiger partial charge is 0.159 e. The molecule has 1 unspecified atom stereocenters. The van der Waals surface area contributed by atoms with Crippen LogP contribution in [-0.2, 0) is 12.8 Å². The molecule has 0 saturated heterocycles. The first-order chi connectivity index (χ1) is 9.08. The predicted molar refractivity (Wildman–Crippen MR) is 75.9 cm³/mol. The van der Waals surface area contributed by atoms with Gasteiger partial charge in [0.1, 0.15) is 0 Å². The third-order valence-corrected chi connectivity index (χ3v) is 4.20. The lowest BCUT2D eigenvalue weighted by Crippen LogP contribution is -2.29. The van der Waals surface area contributed by atoms with Gasteiger partial charge in [0, 0.05) is 10.9 Å². The molecule has 2 aromatic rings. The molecule has 0 aliphatic heterocycles. The maximum absolute atomic E-state index is 13.2. The van der Waals surface area contributed by atoms with E-state index in [0.29, 0.717) is 6.42 Å². The molecule has 102 valence electrons. The molecule has 1 aromatic carbocycles. The highest BCUT2D eigenvalue weighted by molar-refractivity contribution is 7.16. The Kier molecular flexibility index (Phi) is 4.91. The van der Waals surface area contributed by atoms with E-state index in [-0.39, 0.29) is 6.04 Å². The highest BCUT2D eigenvalue weighted by Crippen LogP contribution is 2.23. The fourth-order valence-corrected chi connectivity index (χ4v) is 3.10. The Labute approximate surface area is 120 Å². The van der Waals surface area contributed by atoms with E-state index in [2.05, 4.69) is 5.32 Å². The van der Waals surface area contributed by atoms with Crippen LogP contribution in [-0.4, -0.2) is 13.1 Å². The normalized spacial score (nSPS) is 12.6. The summed E-state index contributed by atoms with van der Waals surface area (Å²) in [5.74, 6) is -1.61. The summed E-state index contributed by atoms with van der Waals surface area (Å²) in [6.45, 7) is 0. The van der Waals surface area contributed by atoms with Gasteiger partial charge in [0.05, 0.1) is 4.34 Å². The van der Waals surface area contributed by atoms with Gasteiger partial charge in [0.15, 0.2) is 11.6 Å². The topological polar surface area (TPSA) is 12.0 Å². The summed E-state index contributed by atoms with van der Waals surface area (Å²) in [7, 11) is 1.86. The second-order valence-corrected chi connectivity index (χ2v) is 6.15. The van der Waals surface area contributed by atoms with Gasteiger partial charge in [-0.05, 0) is 49.7 Å². The van der Waals surface area contributed by atoms with Gasteiger partial charge < -0.3 is 5.32 Å². The molecule has 2 rings (SSSR count). The molecule has 0 radical (unpaired) electrons. The lowest BCUT2D eigenvalue weighted by atomic mass is 10.0. The van der Waals surface area contributed by atoms with E-state index < -0.39 is 11.6 Å². The molecule has 0 bridgehead atoms. The van der Waals surface area contributed by atoms with Crippen LogP contribution in [0.4, 0.5) is 8.78 Å². The van der Waals surface area contributed by atoms with Gasteiger partial charge in [-0.15, -0.1) is 11.3 Å². The first-order valence-corrected chi connectivity index (χ1v) is 7.13. The predicted octanol–water partition coefficient (Wildman–Crippen LogP) is 4.05. The third-order valence-electron chi connectivity index (χ3n) is 2.95. The summed E-state index contributed by atoms with van der Waals surface area (Å²) in [6.07, 6.45) is 1.45. The van der Waals surface area contributed by atoms with Gasteiger partial charge in [0.2, 0.25) is 0 Å². The highest BCUT2D eigenvalue weighted by atomic mass is 35.5. The molecule has 0 saturated carbocycles. The minimum atomic E-state index is -0.810. The number of likely N-dealkylation sites (N-methyl/N-ethyl adjacent to an activating group) is 1. The second kappa shape index (κ2) is 6.46. The number of halogens is 3. The number of benzene rings is 1. The van der Waals surface area contributed by atoms with Crippen molar-refractivity contribution < 1.29 is 8.78 Å². The van der Waals surface area contributed by atoms with Crippen molar-refractivity contribution >= 4 is 22.9 Å². The standard InChI is InChI=1S/C14H14ClF2NS/c1-18-10(8-11-3-5-14(15)19-11)6-9-2-4-12(16)13(17)7-9/h2-5,7,10,18H,6,8H2,1H3. The van der Waals surface area contributed by atoms with Crippen molar-refractivity contribution in [3.05, 3.63) is 56.7 Å². The summed E-state index contributed by atoms with van der Waals surface area (Å²) < 4.78 is 26.8. The van der Waals surface area contributed by atoms with Crippen LogP contribution in [0.25, 0.3) is 0 Å². The van der Waals surface area contributed by atoms with Crippen LogP contribution >= 0.6 is 22.9 Å². The molecule has 5 heteroatoms. The number of thiophene rings is 1. The van der Waals surface area contributed by atoms with E-state index in [1.165, 1.54) is 28.3 Å². The molecular formula is C14H14ClF2NS. The SMILES string of the molecule is CNC(Cc1ccc(F)c(F)c1)Cc1ccc(Cl)s1. The molecule has 0 aliphatic rings. The summed E-state index contributed by atoms with van der Waals surface area (Å²) in [5.41, 5.74) is 0.779. The first-order valence-electron chi connectivity index (χ1n) is 5.94. The van der Waals surface area contributed by atoms with Crippen LogP contribution < -0.4 is 5.32 Å². The van der Waals surface area contributed by atoms with Crippen molar-refractivity contribution in [2.24, 2.45) is 0 Å². The van der Waals surface area contributed by atoms with Crippen molar-refractivity contribution in [1.29, 1.82) is 0 Å². The van der Waals surface area contributed by atoms with Crippen molar-refractivity contribution in [2.45, 2.75) is 18.9 Å². The fraction of sp³-hybridized carbons (Fsp3) is 0.286. The zero-order valence-corrected chi connectivity index (χ0v) is 12.0. The van der Waals surface area contributed by atoms with Crippen LogP contribution in [0.1, 0.15) is 10.4 Å². The number of rotatable bonds is 5. The van der Waals surface area contributed by atoms with Gasteiger partial charge in [-0.25, -0.2) is 8.78 Å². The van der Waals surface area contributed by atoms with E-state index in [1.807, 2.05) is 19.2 Å². The highest BCUT2D eigenvalue weighted by Gasteiger charge is 2.11. The minimum Gasteiger partial charge on any atom is -0.316 e. The maximum atomic E-state index is 13.2. The number of hydrogen-bond donors (Lipinski definition) is 1. The Hall–Kier alpha value is -0.970. The molecular weight excluding hydrogens is 288 g/mol. The molecule has 1 aromatic heterocycles. The molecule has 1 atom stereocenters. The first kappa shape index (κ1) is 14.4. The lowest BCUT2D eigenvalue weighted by molar-refractivity contribution is 0.503. The zero-order valence-electron chi connectivity index (χ0n) is 10.4. The van der Waals surface area contributed by atoms with Crippen LogP contribution in [0, 0.1) is 11.6 Å². The molecule has 1 N–H and O–H groups in total. The van der Waals surface area contributed by atoms with Gasteiger partial charge >= 0.3 is 0 Å². The Bertz CT molecular complexity index is 556. The second-order valence-electron chi connectivity index (χ2n) is 4.35. The van der Waals surface area contributed by atoms with Crippen molar-refractivity contribution in [3.63, 3.8) is 0 Å². The Morgan fingerprint density at radius 1 is 1.16 bits per heavy atom. The summed E-state index contributed by atoms with van der Waals surface area (Å²) in [4.78, 5) is 1.17. The monoisotopic (exact) mass is 301 g/mol. The Balaban J connectivity index is 2.04. The molecule has 1 heterocycles. The molecule has 19 heavy (non-hydrogen) atoms. The van der Waals surface area contributed by atoms with E-state index in [1.54, 1.807) is 6.07 Å². The average Bonchev–Trinajstić information content (AvgIpc) is 2.78. The Morgan fingerprint density at radius 3 is 2.53 bits per heavy atom. The fourth-order valence-electron chi connectivity index (χ4n) is 1.93. The third kappa shape index (κ3) is 4.00. The zero-order chi connectivity index (χ0) is 13.8. The molecule has 0 amide bonds. The van der Waals surface area contributed by atoms with Crippen LogP contribution in [0.15, 0.2) is 30.3 Å². The van der Waals surface area contributed by atoms with Crippen LogP contribution in [0.3, 0.4) is 0 Å². The summed E-state index contributed by atoms with van der Waals surface area (Å²) >= 11 is 7.43. The maximum Gasteiger partial charge on any atom is 0.159 e. The number of nitrogens with one attached hydrogen (secondary N) is 1. The van der Waals surface area contributed by atoms with Gasteiger partial charge in [-0.1, -0.05) is 17.7 Å². The van der Waals surface area contributed by atoms with Gasteiger partial charge in [-0.2, -0.15) is 0 Å².